The first kappa shape index (κ1) is 17.2. The van der Waals surface area contributed by atoms with Crippen LogP contribution in [0.5, 0.6) is 11.6 Å². The Balaban J connectivity index is 1.37. The van der Waals surface area contributed by atoms with E-state index in [1.807, 2.05) is 0 Å². The first-order valence-corrected chi connectivity index (χ1v) is 8.68. The Morgan fingerprint density at radius 2 is 2.15 bits per heavy atom. The van der Waals surface area contributed by atoms with E-state index < -0.39 is 0 Å². The quantitative estimate of drug-likeness (QED) is 0.795. The number of pyridine rings is 1. The minimum absolute atomic E-state index is 0.0316. The Bertz CT molecular complexity index is 784. The number of ether oxygens (including phenoxy) is 3. The van der Waals surface area contributed by atoms with Crippen molar-refractivity contribution in [2.45, 2.75) is 45.6 Å². The summed E-state index contributed by atoms with van der Waals surface area (Å²) in [6, 6.07) is 1.60. The number of hydrogen-bond donors (Lipinski definition) is 0. The molecule has 1 fully saturated rings. The van der Waals surface area contributed by atoms with Crippen molar-refractivity contribution in [3.05, 3.63) is 29.3 Å². The molecule has 2 aromatic rings. The second-order valence-electron chi connectivity index (χ2n) is 6.59. The Kier molecular flexibility index (Phi) is 4.73. The van der Waals surface area contributed by atoms with Crippen molar-refractivity contribution in [2.24, 2.45) is 0 Å². The lowest BCUT2D eigenvalue weighted by Crippen LogP contribution is -2.29. The average Bonchev–Trinajstić information content (AvgIpc) is 3.19. The highest BCUT2D eigenvalue weighted by Gasteiger charge is 2.31. The van der Waals surface area contributed by atoms with Crippen molar-refractivity contribution in [1.29, 1.82) is 0 Å². The molecule has 2 atom stereocenters. The Morgan fingerprint density at radius 3 is 2.96 bits per heavy atom. The van der Waals surface area contributed by atoms with Crippen molar-refractivity contribution in [3.63, 3.8) is 0 Å². The predicted molar refractivity (Wildman–Crippen MR) is 87.3 cm³/mol. The monoisotopic (exact) mass is 364 g/mol. The summed E-state index contributed by atoms with van der Waals surface area (Å²) >= 11 is 0. The van der Waals surface area contributed by atoms with Gasteiger partial charge in [0.05, 0.1) is 11.8 Å². The number of fused-ring (bicyclic) bond motifs is 1. The summed E-state index contributed by atoms with van der Waals surface area (Å²) in [6.45, 7) is 6.06. The van der Waals surface area contributed by atoms with E-state index in [1.54, 1.807) is 6.92 Å². The molecular formula is C17H21FN4O4. The molecule has 0 bridgehead atoms. The Hall–Kier alpha value is -2.26. The van der Waals surface area contributed by atoms with Crippen LogP contribution in [0.15, 0.2) is 10.6 Å². The minimum atomic E-state index is -0.381. The van der Waals surface area contributed by atoms with Crippen molar-refractivity contribution in [1.82, 2.24) is 20.0 Å². The molecule has 2 aliphatic rings. The third-order valence-electron chi connectivity index (χ3n) is 4.60. The zero-order valence-electron chi connectivity index (χ0n) is 14.8. The van der Waals surface area contributed by atoms with Gasteiger partial charge in [-0.2, -0.15) is 4.98 Å². The fraction of sp³-hybridized carbons (Fsp3) is 0.588. The van der Waals surface area contributed by atoms with Gasteiger partial charge in [0.15, 0.2) is 11.6 Å². The molecule has 0 unspecified atom stereocenters. The third kappa shape index (κ3) is 3.63. The van der Waals surface area contributed by atoms with Gasteiger partial charge >= 0.3 is 0 Å². The van der Waals surface area contributed by atoms with Gasteiger partial charge in [0.2, 0.25) is 5.89 Å². The number of halogens is 1. The lowest BCUT2D eigenvalue weighted by atomic mass is 10.2. The van der Waals surface area contributed by atoms with Crippen molar-refractivity contribution >= 4 is 0 Å². The van der Waals surface area contributed by atoms with E-state index in [-0.39, 0.29) is 18.0 Å². The van der Waals surface area contributed by atoms with Gasteiger partial charge in [-0.3, -0.25) is 4.90 Å². The molecule has 140 valence electrons. The molecule has 0 aliphatic carbocycles. The highest BCUT2D eigenvalue weighted by molar-refractivity contribution is 5.36. The fourth-order valence-corrected chi connectivity index (χ4v) is 3.27. The number of aromatic nitrogens is 3. The minimum Gasteiger partial charge on any atom is -0.484 e. The van der Waals surface area contributed by atoms with Crippen LogP contribution >= 0.6 is 0 Å². The highest BCUT2D eigenvalue weighted by atomic mass is 19.1. The lowest BCUT2D eigenvalue weighted by Gasteiger charge is -2.22. The number of likely N-dealkylation sites (tertiary alicyclic amines) is 1. The summed E-state index contributed by atoms with van der Waals surface area (Å²) in [7, 11) is 0. The summed E-state index contributed by atoms with van der Waals surface area (Å²) in [6.07, 6.45) is 0.882. The van der Waals surface area contributed by atoms with E-state index in [4.69, 9.17) is 18.7 Å². The summed E-state index contributed by atoms with van der Waals surface area (Å²) in [4.78, 5) is 10.6. The maximum Gasteiger partial charge on any atom is 0.257 e. The van der Waals surface area contributed by atoms with E-state index in [1.165, 1.54) is 6.07 Å². The van der Waals surface area contributed by atoms with Crippen LogP contribution in [-0.4, -0.2) is 51.9 Å². The summed E-state index contributed by atoms with van der Waals surface area (Å²) in [5, 5.41) is 3.82. The van der Waals surface area contributed by atoms with E-state index in [2.05, 4.69) is 26.9 Å². The average molecular weight is 364 g/mol. The Morgan fingerprint density at radius 1 is 1.31 bits per heavy atom. The van der Waals surface area contributed by atoms with E-state index in [0.717, 1.165) is 6.42 Å². The second kappa shape index (κ2) is 7.16. The van der Waals surface area contributed by atoms with Crippen LogP contribution in [0.4, 0.5) is 4.39 Å². The maximum atomic E-state index is 14.3. The second-order valence-corrected chi connectivity index (χ2v) is 6.59. The van der Waals surface area contributed by atoms with Crippen molar-refractivity contribution < 1.29 is 23.1 Å². The van der Waals surface area contributed by atoms with Crippen LogP contribution in [0.1, 0.15) is 30.8 Å². The molecule has 2 aliphatic heterocycles. The van der Waals surface area contributed by atoms with Crippen molar-refractivity contribution in [2.75, 3.05) is 19.8 Å². The fourth-order valence-electron chi connectivity index (χ4n) is 3.27. The highest BCUT2D eigenvalue weighted by Crippen LogP contribution is 2.31. The predicted octanol–water partition coefficient (Wildman–Crippen LogP) is 1.86. The maximum absolute atomic E-state index is 14.3. The molecule has 0 amide bonds. The summed E-state index contributed by atoms with van der Waals surface area (Å²) in [5.74, 6) is 1.40. The molecule has 0 saturated carbocycles. The molecule has 1 saturated heterocycles. The van der Waals surface area contributed by atoms with Gasteiger partial charge in [-0.05, 0) is 13.3 Å². The number of rotatable bonds is 5. The SMILES string of the molecule is Cc1nc(CO[C@@H]2C[C@H](C)N(Cc3nc4c(cc3F)OCCO4)C2)no1. The molecular weight excluding hydrogens is 343 g/mol. The Labute approximate surface area is 150 Å². The van der Waals surface area contributed by atoms with Gasteiger partial charge in [-0.25, -0.2) is 9.37 Å². The molecule has 4 rings (SSSR count). The number of nitrogens with zero attached hydrogens (tertiary/aromatic N) is 4. The standard InChI is InChI=1S/C17H21FN4O4/c1-10-5-12(25-9-16-19-11(2)26-21-16)7-22(10)8-14-13(18)6-15-17(20-14)24-4-3-23-15/h6,10,12H,3-5,7-9H2,1-2H3/t10-,12+/m0/s1. The molecule has 0 radical (unpaired) electrons. The largest absolute Gasteiger partial charge is 0.484 e. The van der Waals surface area contributed by atoms with E-state index in [0.29, 0.717) is 61.9 Å². The van der Waals surface area contributed by atoms with E-state index >= 15 is 0 Å². The normalized spacial score (nSPS) is 22.7. The molecule has 4 heterocycles. The van der Waals surface area contributed by atoms with Gasteiger partial charge in [0, 0.05) is 32.1 Å². The summed E-state index contributed by atoms with van der Waals surface area (Å²) < 4.78 is 36.0. The van der Waals surface area contributed by atoms with Gasteiger partial charge in [0.25, 0.3) is 5.88 Å². The van der Waals surface area contributed by atoms with Gasteiger partial charge in [-0.15, -0.1) is 0 Å². The van der Waals surface area contributed by atoms with Crippen LogP contribution < -0.4 is 9.47 Å². The van der Waals surface area contributed by atoms with Gasteiger partial charge in [0.1, 0.15) is 25.6 Å². The molecule has 9 heteroatoms. The molecule has 2 aromatic heterocycles. The van der Waals surface area contributed by atoms with Gasteiger partial charge in [-0.1, -0.05) is 5.16 Å². The lowest BCUT2D eigenvalue weighted by molar-refractivity contribution is 0.0410. The van der Waals surface area contributed by atoms with Crippen molar-refractivity contribution in [3.8, 4) is 11.6 Å². The third-order valence-corrected chi connectivity index (χ3v) is 4.60. The molecule has 8 nitrogen and oxygen atoms in total. The zero-order chi connectivity index (χ0) is 18.1. The first-order chi connectivity index (χ1) is 12.6. The van der Waals surface area contributed by atoms with Crippen LogP contribution in [0.3, 0.4) is 0 Å². The molecule has 0 aromatic carbocycles. The van der Waals surface area contributed by atoms with Crippen LogP contribution in [0, 0.1) is 12.7 Å². The van der Waals surface area contributed by atoms with Crippen LogP contribution in [0.2, 0.25) is 0 Å². The van der Waals surface area contributed by atoms with Crippen LogP contribution in [-0.2, 0) is 17.9 Å². The molecule has 0 N–H and O–H groups in total. The topological polar surface area (TPSA) is 82.7 Å². The summed E-state index contributed by atoms with van der Waals surface area (Å²) in [5.41, 5.74) is 0.357. The number of hydrogen-bond acceptors (Lipinski definition) is 8. The number of aryl methyl sites for hydroxylation is 1. The zero-order valence-corrected chi connectivity index (χ0v) is 14.8. The van der Waals surface area contributed by atoms with Crippen LogP contribution in [0.25, 0.3) is 0 Å². The molecule has 26 heavy (non-hydrogen) atoms. The first-order valence-electron chi connectivity index (χ1n) is 8.68. The van der Waals surface area contributed by atoms with E-state index in [9.17, 15) is 4.39 Å². The smallest absolute Gasteiger partial charge is 0.257 e. The molecule has 0 spiro atoms. The van der Waals surface area contributed by atoms with Gasteiger partial charge < -0.3 is 18.7 Å².